The lowest BCUT2D eigenvalue weighted by atomic mass is 10.1. The summed E-state index contributed by atoms with van der Waals surface area (Å²) in [5.74, 6) is 0.779. The number of anilines is 3. The zero-order valence-electron chi connectivity index (χ0n) is 26.6. The van der Waals surface area contributed by atoms with Crippen molar-refractivity contribution < 1.29 is 25.2 Å². The molecule has 18 nitrogen and oxygen atoms in total. The summed E-state index contributed by atoms with van der Waals surface area (Å²) in [5.41, 5.74) is 1.14. The minimum Gasteiger partial charge on any atom is -0.493 e. The molecule has 0 radical (unpaired) electrons. The Morgan fingerprint density at radius 3 is 2.61 bits per heavy atom. The first kappa shape index (κ1) is 32.1. The van der Waals surface area contributed by atoms with Gasteiger partial charge in [-0.3, -0.25) is 9.88 Å². The molecule has 1 saturated carbocycles. The van der Waals surface area contributed by atoms with Crippen LogP contribution in [0, 0.1) is 0 Å². The van der Waals surface area contributed by atoms with Crippen LogP contribution in [0.3, 0.4) is 0 Å². The highest BCUT2D eigenvalue weighted by Gasteiger charge is 2.45. The third kappa shape index (κ3) is 6.40. The molecule has 0 spiro atoms. The molecular formula is C31H38N12O6. The predicted octanol–water partition coefficient (Wildman–Crippen LogP) is 0.0790. The Bertz CT molecular complexity index is 1990. The van der Waals surface area contributed by atoms with Gasteiger partial charge in [-0.05, 0) is 24.8 Å². The summed E-state index contributed by atoms with van der Waals surface area (Å²) in [4.78, 5) is 47.8. The van der Waals surface area contributed by atoms with Crippen LogP contribution in [0.25, 0.3) is 11.2 Å². The summed E-state index contributed by atoms with van der Waals surface area (Å²) in [7, 11) is 1.81. The van der Waals surface area contributed by atoms with E-state index in [1.807, 2.05) is 42.3 Å². The van der Waals surface area contributed by atoms with Crippen LogP contribution in [0.2, 0.25) is 0 Å². The number of H-pyrrole nitrogens is 1. The zero-order chi connectivity index (χ0) is 34.2. The number of benzene rings is 1. The molecule has 0 bridgehead atoms. The highest BCUT2D eigenvalue weighted by molar-refractivity contribution is 5.88. The van der Waals surface area contributed by atoms with E-state index in [-0.39, 0.29) is 31.0 Å². The van der Waals surface area contributed by atoms with Crippen LogP contribution in [0.4, 0.5) is 22.4 Å². The van der Waals surface area contributed by atoms with Crippen molar-refractivity contribution in [3.63, 3.8) is 0 Å². The molecule has 8 N–H and O–H groups in total. The van der Waals surface area contributed by atoms with Gasteiger partial charge in [0, 0.05) is 32.4 Å². The molecule has 1 aromatic carbocycles. The smallest absolute Gasteiger partial charge is 0.328 e. The van der Waals surface area contributed by atoms with E-state index in [2.05, 4.69) is 30.9 Å². The van der Waals surface area contributed by atoms with Crippen LogP contribution < -0.4 is 26.5 Å². The van der Waals surface area contributed by atoms with Crippen molar-refractivity contribution in [2.24, 2.45) is 7.05 Å². The van der Waals surface area contributed by atoms with Crippen LogP contribution in [-0.2, 0) is 13.5 Å². The predicted molar refractivity (Wildman–Crippen MR) is 177 cm³/mol. The zero-order valence-corrected chi connectivity index (χ0v) is 26.6. The first-order chi connectivity index (χ1) is 23.7. The maximum Gasteiger partial charge on any atom is 0.328 e. The van der Waals surface area contributed by atoms with Crippen LogP contribution >= 0.6 is 0 Å². The maximum absolute atomic E-state index is 12.7. The number of fused-ring (bicyclic) bond motifs is 1. The summed E-state index contributed by atoms with van der Waals surface area (Å²) in [6.07, 6.45) is 4.45. The fourth-order valence-electron chi connectivity index (χ4n) is 6.73. The molecule has 1 aliphatic heterocycles. The number of aromatic nitrogens is 8. The van der Waals surface area contributed by atoms with Crippen molar-refractivity contribution in [2.75, 3.05) is 35.2 Å². The number of hydrogen-bond donors (Lipinski definition) is 8. The Hall–Kier alpha value is -5.46. The molecule has 1 saturated heterocycles. The molecule has 5 aromatic rings. The summed E-state index contributed by atoms with van der Waals surface area (Å²) in [6, 6.07) is 7.02. The number of carbonyl (C=O) groups is 1. The molecule has 2 aliphatic rings. The van der Waals surface area contributed by atoms with Crippen molar-refractivity contribution in [2.45, 2.75) is 55.6 Å². The number of hydrogen-bond acceptors (Lipinski definition) is 12. The van der Waals surface area contributed by atoms with E-state index in [0.29, 0.717) is 54.7 Å². The monoisotopic (exact) mass is 674 g/mol. The van der Waals surface area contributed by atoms with Gasteiger partial charge in [0.25, 0.3) is 0 Å². The van der Waals surface area contributed by atoms with Gasteiger partial charge in [-0.15, -0.1) is 0 Å². The molecule has 258 valence electrons. The van der Waals surface area contributed by atoms with Crippen molar-refractivity contribution in [3.05, 3.63) is 71.4 Å². The van der Waals surface area contributed by atoms with Gasteiger partial charge in [0.1, 0.15) is 12.2 Å². The Balaban J connectivity index is 1.19. The van der Waals surface area contributed by atoms with Crippen molar-refractivity contribution >= 4 is 34.8 Å². The Kier molecular flexibility index (Phi) is 8.66. The summed E-state index contributed by atoms with van der Waals surface area (Å²) >= 11 is 0. The molecule has 1 aliphatic carbocycles. The highest BCUT2D eigenvalue weighted by Crippen LogP contribution is 2.41. The Labute approximate surface area is 279 Å². The number of aliphatic hydroxyl groups is 3. The highest BCUT2D eigenvalue weighted by atomic mass is 16.3. The first-order valence-corrected chi connectivity index (χ1v) is 16.0. The average Bonchev–Trinajstić information content (AvgIpc) is 3.92. The van der Waals surface area contributed by atoms with Crippen LogP contribution in [-0.4, -0.2) is 109 Å². The van der Waals surface area contributed by atoms with E-state index in [1.54, 1.807) is 21.7 Å². The molecule has 5 heterocycles. The molecule has 2 amide bonds. The van der Waals surface area contributed by atoms with Crippen LogP contribution in [0.5, 0.6) is 5.88 Å². The van der Waals surface area contributed by atoms with E-state index >= 15 is 0 Å². The maximum atomic E-state index is 12.7. The molecule has 49 heavy (non-hydrogen) atoms. The van der Waals surface area contributed by atoms with E-state index in [1.165, 1.54) is 6.33 Å². The third-order valence-electron chi connectivity index (χ3n) is 9.15. The average molecular weight is 675 g/mol. The molecule has 6 atom stereocenters. The number of aromatic amines is 1. The lowest BCUT2D eigenvalue weighted by Gasteiger charge is -2.22. The summed E-state index contributed by atoms with van der Waals surface area (Å²) in [6.45, 7) is 0.746. The number of urea groups is 1. The fourth-order valence-corrected chi connectivity index (χ4v) is 6.73. The molecule has 4 aromatic heterocycles. The van der Waals surface area contributed by atoms with Crippen molar-refractivity contribution in [3.8, 4) is 5.88 Å². The van der Waals surface area contributed by atoms with Crippen LogP contribution in [0.1, 0.15) is 30.5 Å². The minimum absolute atomic E-state index is 0.0928. The summed E-state index contributed by atoms with van der Waals surface area (Å²) < 4.78 is 4.40. The van der Waals surface area contributed by atoms with Gasteiger partial charge in [-0.2, -0.15) is 9.97 Å². The lowest BCUT2D eigenvalue weighted by Crippen LogP contribution is -2.40. The number of aromatic hydroxyl groups is 1. The van der Waals surface area contributed by atoms with Crippen LogP contribution in [0.15, 0.2) is 60.2 Å². The van der Waals surface area contributed by atoms with Gasteiger partial charge in [-0.25, -0.2) is 19.6 Å². The number of nitrogens with one attached hydrogen (secondary N) is 4. The number of nitrogens with zero attached hydrogens (tertiary/aromatic N) is 8. The van der Waals surface area contributed by atoms with Crippen molar-refractivity contribution in [1.29, 1.82) is 0 Å². The van der Waals surface area contributed by atoms with Crippen molar-refractivity contribution in [1.82, 2.24) is 43.9 Å². The number of aliphatic hydroxyl groups excluding tert-OH is 3. The quantitative estimate of drug-likeness (QED) is 0.0983. The first-order valence-electron chi connectivity index (χ1n) is 16.0. The fraction of sp³-hybridized carbons (Fsp3) is 0.419. The van der Waals surface area contributed by atoms with E-state index < -0.39 is 36.0 Å². The van der Waals surface area contributed by atoms with Gasteiger partial charge in [0.05, 0.1) is 43.6 Å². The number of rotatable bonds is 10. The minimum atomic E-state index is -1.37. The SMILES string of the molecule is Cn1cnc(NC(=O)N[C@@H]2CCN(c3nc(N[C@H](CO)Cc4ccccc4)c4ncn([C@@H]5C[C@H](n6c(O)c[nH]c6=O)[C@@H](O)[C@H]5O)c4n3)C2)c1. The Morgan fingerprint density at radius 1 is 1.10 bits per heavy atom. The van der Waals surface area contributed by atoms with Gasteiger partial charge in [0.2, 0.25) is 11.8 Å². The normalized spacial score (nSPS) is 22.9. The van der Waals surface area contributed by atoms with E-state index in [9.17, 15) is 30.0 Å². The molecule has 0 unspecified atom stereocenters. The molecular weight excluding hydrogens is 636 g/mol. The molecule has 2 fully saturated rings. The second kappa shape index (κ2) is 13.2. The number of imidazole rings is 3. The van der Waals surface area contributed by atoms with Gasteiger partial charge >= 0.3 is 11.7 Å². The van der Waals surface area contributed by atoms with Gasteiger partial charge in [-0.1, -0.05) is 30.3 Å². The van der Waals surface area contributed by atoms with E-state index in [4.69, 9.17) is 9.97 Å². The topological polar surface area (TPSA) is 237 Å². The van der Waals surface area contributed by atoms with E-state index in [0.717, 1.165) is 16.3 Å². The number of amides is 2. The standard InChI is InChI=1S/C31H38N12O6/c1-40-13-22(33-15-40)37-30(48)36-18-7-8-41(12-18)29-38-27(35-19(14-44)9-17-5-3-2-4-6-17)24-28(39-29)42(16-34-24)20-10-21(26(47)25(20)46)43-23(45)11-32-31(43)49/h2-6,11,13,15-16,18-21,25-26,44-47H,7-10,12,14H2,1H3,(H,32,49)(H,35,38,39)(H2,36,37,48)/t18-,19+,20-,21+,25+,26-/m1/s1. The Morgan fingerprint density at radius 2 is 1.90 bits per heavy atom. The van der Waals surface area contributed by atoms with Gasteiger partial charge in [0.15, 0.2) is 22.8 Å². The second-order valence-electron chi connectivity index (χ2n) is 12.5. The largest absolute Gasteiger partial charge is 0.493 e. The lowest BCUT2D eigenvalue weighted by molar-refractivity contribution is 0.00763. The number of aryl methyl sites for hydroxylation is 1. The molecule has 7 rings (SSSR count). The second-order valence-corrected chi connectivity index (χ2v) is 12.5. The summed E-state index contributed by atoms with van der Waals surface area (Å²) in [5, 5.41) is 51.8. The number of carbonyl (C=O) groups excluding carboxylic acids is 1. The van der Waals surface area contributed by atoms with Gasteiger partial charge < -0.3 is 50.1 Å². The third-order valence-corrected chi connectivity index (χ3v) is 9.15. The molecule has 18 heteroatoms.